The maximum atomic E-state index is 8.88. The lowest BCUT2D eigenvalue weighted by molar-refractivity contribution is 0.516. The summed E-state index contributed by atoms with van der Waals surface area (Å²) in [6.07, 6.45) is 8.07. The Morgan fingerprint density at radius 2 is 2.12 bits per heavy atom. The van der Waals surface area contributed by atoms with Crippen LogP contribution in [0.1, 0.15) is 37.7 Å². The molecule has 1 fully saturated rings. The van der Waals surface area contributed by atoms with Crippen LogP contribution in [0, 0.1) is 11.3 Å². The quantitative estimate of drug-likeness (QED) is 0.797. The molecule has 2 nitrogen and oxygen atoms in total. The molecule has 0 aromatic carbocycles. The molecule has 1 aliphatic rings. The van der Waals surface area contributed by atoms with Gasteiger partial charge in [-0.25, -0.2) is 4.98 Å². The molecule has 0 unspecified atom stereocenters. The van der Waals surface area contributed by atoms with Gasteiger partial charge < -0.3 is 0 Å². The zero-order chi connectivity index (χ0) is 11.4. The minimum Gasteiger partial charge on any atom is -0.248 e. The van der Waals surface area contributed by atoms with Gasteiger partial charge in [0.2, 0.25) is 0 Å². The van der Waals surface area contributed by atoms with Crippen LogP contribution in [0.2, 0.25) is 5.02 Å². The van der Waals surface area contributed by atoms with E-state index in [1.165, 1.54) is 32.1 Å². The highest BCUT2D eigenvalue weighted by molar-refractivity contribution is 8.00. The molecule has 1 heterocycles. The van der Waals surface area contributed by atoms with Gasteiger partial charge in [-0.15, -0.1) is 11.8 Å². The second-order valence-corrected chi connectivity index (χ2v) is 5.63. The molecular weight excluding hydrogens is 240 g/mol. The number of nitriles is 1. The predicted molar refractivity (Wildman–Crippen MR) is 66.7 cm³/mol. The van der Waals surface area contributed by atoms with Crippen LogP contribution in [0.25, 0.3) is 0 Å². The molecule has 4 heteroatoms. The van der Waals surface area contributed by atoms with E-state index in [0.29, 0.717) is 15.8 Å². The highest BCUT2D eigenvalue weighted by Gasteiger charge is 2.17. The summed E-state index contributed by atoms with van der Waals surface area (Å²) in [5.41, 5.74) is 0.523. The van der Waals surface area contributed by atoms with Gasteiger partial charge in [-0.1, -0.05) is 30.9 Å². The smallest absolute Gasteiger partial charge is 0.116 e. The maximum Gasteiger partial charge on any atom is 0.116 e. The Labute approximate surface area is 105 Å². The first kappa shape index (κ1) is 11.8. The Hall–Kier alpha value is -0.720. The van der Waals surface area contributed by atoms with Gasteiger partial charge in [0.15, 0.2) is 0 Å². The van der Waals surface area contributed by atoms with E-state index in [-0.39, 0.29) is 0 Å². The van der Waals surface area contributed by atoms with Crippen molar-refractivity contribution in [3.63, 3.8) is 0 Å². The molecule has 1 aliphatic carbocycles. The minimum atomic E-state index is 0.514. The highest BCUT2D eigenvalue weighted by atomic mass is 35.5. The Morgan fingerprint density at radius 3 is 2.81 bits per heavy atom. The molecule has 1 aromatic rings. The summed E-state index contributed by atoms with van der Waals surface area (Å²) in [7, 11) is 0. The molecule has 0 radical (unpaired) electrons. The van der Waals surface area contributed by atoms with Crippen molar-refractivity contribution in [2.45, 2.75) is 42.4 Å². The summed E-state index contributed by atoms with van der Waals surface area (Å²) in [6.45, 7) is 0. The monoisotopic (exact) mass is 252 g/mol. The lowest BCUT2D eigenvalue weighted by atomic mass is 10.0. The van der Waals surface area contributed by atoms with Gasteiger partial charge in [-0.05, 0) is 18.9 Å². The largest absolute Gasteiger partial charge is 0.248 e. The lowest BCUT2D eigenvalue weighted by Gasteiger charge is -2.20. The first-order valence-electron chi connectivity index (χ1n) is 5.52. The summed E-state index contributed by atoms with van der Waals surface area (Å²) >= 11 is 7.85. The predicted octanol–water partition coefficient (Wildman–Crippen LogP) is 4.03. The second-order valence-electron chi connectivity index (χ2n) is 3.97. The van der Waals surface area contributed by atoms with E-state index in [9.17, 15) is 0 Å². The Kier molecular flexibility index (Phi) is 4.09. The molecule has 16 heavy (non-hydrogen) atoms. The molecule has 2 rings (SSSR count). The van der Waals surface area contributed by atoms with E-state index in [0.717, 1.165) is 5.03 Å². The number of hydrogen-bond donors (Lipinski definition) is 0. The molecule has 0 aliphatic heterocycles. The minimum absolute atomic E-state index is 0.514. The van der Waals surface area contributed by atoms with Crippen LogP contribution in [0.15, 0.2) is 17.3 Å². The van der Waals surface area contributed by atoms with E-state index >= 15 is 0 Å². The van der Waals surface area contributed by atoms with Gasteiger partial charge in [0.05, 0.1) is 10.6 Å². The molecule has 1 saturated carbocycles. The lowest BCUT2D eigenvalue weighted by Crippen LogP contribution is -2.08. The van der Waals surface area contributed by atoms with Gasteiger partial charge in [-0.3, -0.25) is 0 Å². The van der Waals surface area contributed by atoms with Crippen molar-refractivity contribution in [1.29, 1.82) is 5.26 Å². The molecule has 84 valence electrons. The zero-order valence-electron chi connectivity index (χ0n) is 8.95. The topological polar surface area (TPSA) is 36.7 Å². The number of aromatic nitrogens is 1. The summed E-state index contributed by atoms with van der Waals surface area (Å²) in [4.78, 5) is 4.26. The number of hydrogen-bond acceptors (Lipinski definition) is 3. The third kappa shape index (κ3) is 2.69. The number of pyridine rings is 1. The van der Waals surface area contributed by atoms with Crippen molar-refractivity contribution < 1.29 is 0 Å². The first-order valence-corrected chi connectivity index (χ1v) is 6.78. The van der Waals surface area contributed by atoms with Crippen LogP contribution in [0.5, 0.6) is 0 Å². The van der Waals surface area contributed by atoms with E-state index < -0.39 is 0 Å². The summed E-state index contributed by atoms with van der Waals surface area (Å²) in [5, 5.41) is 10.8. The number of halogens is 1. The Bertz CT molecular complexity index is 408. The van der Waals surface area contributed by atoms with Crippen molar-refractivity contribution >= 4 is 23.4 Å². The van der Waals surface area contributed by atoms with Crippen molar-refractivity contribution in [2.75, 3.05) is 0 Å². The van der Waals surface area contributed by atoms with E-state index in [1.807, 2.05) is 0 Å². The summed E-state index contributed by atoms with van der Waals surface area (Å²) in [5.74, 6) is 0. The summed E-state index contributed by atoms with van der Waals surface area (Å²) in [6, 6.07) is 3.75. The second kappa shape index (κ2) is 5.56. The Balaban J connectivity index is 2.12. The average molecular weight is 253 g/mol. The molecule has 0 bridgehead atoms. The fraction of sp³-hybridized carbons (Fsp3) is 0.500. The first-order chi connectivity index (χ1) is 7.81. The SMILES string of the molecule is N#Cc1ccnc(SC2CCCCC2)c1Cl. The highest BCUT2D eigenvalue weighted by Crippen LogP contribution is 2.36. The van der Waals surface area contributed by atoms with E-state index in [2.05, 4.69) is 11.1 Å². The van der Waals surface area contributed by atoms with Gasteiger partial charge in [0.1, 0.15) is 11.1 Å². The summed E-state index contributed by atoms with van der Waals surface area (Å²) < 4.78 is 0. The van der Waals surface area contributed by atoms with Crippen molar-refractivity contribution in [1.82, 2.24) is 4.98 Å². The normalized spacial score (nSPS) is 17.0. The number of rotatable bonds is 2. The van der Waals surface area contributed by atoms with Gasteiger partial charge >= 0.3 is 0 Å². The van der Waals surface area contributed by atoms with Crippen molar-refractivity contribution in [2.24, 2.45) is 0 Å². The van der Waals surface area contributed by atoms with Gasteiger partial charge in [-0.2, -0.15) is 5.26 Å². The molecular formula is C12H13ClN2S. The molecule has 0 atom stereocenters. The molecule has 0 spiro atoms. The van der Waals surface area contributed by atoms with Crippen LogP contribution in [0.4, 0.5) is 0 Å². The van der Waals surface area contributed by atoms with Crippen LogP contribution in [0.3, 0.4) is 0 Å². The van der Waals surface area contributed by atoms with E-state index in [1.54, 1.807) is 24.0 Å². The molecule has 0 N–H and O–H groups in total. The molecule has 1 aromatic heterocycles. The van der Waals surface area contributed by atoms with Crippen molar-refractivity contribution in [3.8, 4) is 6.07 Å². The number of thioether (sulfide) groups is 1. The van der Waals surface area contributed by atoms with Crippen molar-refractivity contribution in [3.05, 3.63) is 22.8 Å². The van der Waals surface area contributed by atoms with Gasteiger partial charge in [0.25, 0.3) is 0 Å². The standard InChI is InChI=1S/C12H13ClN2S/c13-11-9(8-14)6-7-15-12(11)16-10-4-2-1-3-5-10/h6-7,10H,1-5H2. The third-order valence-electron chi connectivity index (χ3n) is 2.81. The fourth-order valence-corrected chi connectivity index (χ4v) is 3.44. The van der Waals surface area contributed by atoms with E-state index in [4.69, 9.17) is 16.9 Å². The molecule has 0 amide bonds. The third-order valence-corrected chi connectivity index (χ3v) is 4.64. The zero-order valence-corrected chi connectivity index (χ0v) is 10.5. The van der Waals surface area contributed by atoms with Gasteiger partial charge in [0, 0.05) is 11.4 Å². The fourth-order valence-electron chi connectivity index (χ4n) is 1.93. The van der Waals surface area contributed by atoms with Crippen LogP contribution >= 0.6 is 23.4 Å². The van der Waals surface area contributed by atoms with Crippen LogP contribution < -0.4 is 0 Å². The average Bonchev–Trinajstić information content (AvgIpc) is 2.33. The van der Waals surface area contributed by atoms with Crippen LogP contribution in [-0.2, 0) is 0 Å². The Morgan fingerprint density at radius 1 is 1.38 bits per heavy atom. The maximum absolute atomic E-state index is 8.88. The molecule has 0 saturated heterocycles. The van der Waals surface area contributed by atoms with Crippen LogP contribution in [-0.4, -0.2) is 10.2 Å². The number of nitrogens with zero attached hydrogens (tertiary/aromatic N) is 2.